The minimum Gasteiger partial charge on any atom is -0.481 e. The molecule has 23 N–H and O–H groups in total. The maximum atomic E-state index is 14.3. The summed E-state index contributed by atoms with van der Waals surface area (Å²) < 4.78 is 0. The second kappa shape index (κ2) is 42.0. The van der Waals surface area contributed by atoms with Gasteiger partial charge < -0.3 is 111 Å². The maximum Gasteiger partial charge on any atom is 0.326 e. The molecule has 13 amide bonds. The SMILES string of the molecule is CC(C)C[C@H](NC(=O)[C@H](CCCCN)NC(=O)[C@@H](NC(=O)CNC(=O)[C@H](CO)NC(=O)CNC(=O)[C@H](Cc1ccccc1)NC(=O)[C@@H](NC(=O)[C@H](Cc1ccccc1)NC(=O)[C@@H]1CCCN1C(=O)[C@H](CC(N)=O)NC(=O)[C@@H](N)CO)[C@@H](C)O)[C@@H](C)O)C(=O)N[C@@H](CCC(=O)O)C(=O)O. The summed E-state index contributed by atoms with van der Waals surface area (Å²) in [6.07, 6.45) is -4.66. The highest BCUT2D eigenvalue weighted by Crippen LogP contribution is 2.21. The number of carbonyl (C=O) groups is 15. The highest BCUT2D eigenvalue weighted by atomic mass is 16.4. The van der Waals surface area contributed by atoms with Crippen LogP contribution in [0.1, 0.15) is 96.6 Å². The van der Waals surface area contributed by atoms with E-state index in [1.54, 1.807) is 74.5 Å². The Morgan fingerprint density at radius 1 is 0.531 bits per heavy atom. The van der Waals surface area contributed by atoms with Gasteiger partial charge in [0.1, 0.15) is 66.5 Å². The van der Waals surface area contributed by atoms with Crippen molar-refractivity contribution in [3.63, 3.8) is 0 Å². The molecule has 2 aromatic carbocycles. The number of amides is 13. The fraction of sp³-hybridized carbons (Fsp3) is 0.565. The predicted octanol–water partition coefficient (Wildman–Crippen LogP) is -7.87. The van der Waals surface area contributed by atoms with E-state index >= 15 is 0 Å². The van der Waals surface area contributed by atoms with Gasteiger partial charge in [0.2, 0.25) is 76.8 Å². The van der Waals surface area contributed by atoms with E-state index in [2.05, 4.69) is 58.5 Å². The third-order valence-electron chi connectivity index (χ3n) is 15.2. The van der Waals surface area contributed by atoms with Crippen LogP contribution in [0, 0.1) is 5.92 Å². The van der Waals surface area contributed by atoms with E-state index in [1.165, 1.54) is 0 Å². The van der Waals surface area contributed by atoms with Gasteiger partial charge in [0, 0.05) is 25.8 Å². The summed E-state index contributed by atoms with van der Waals surface area (Å²) >= 11 is 0. The number of hydrogen-bond acceptors (Lipinski definition) is 21. The smallest absolute Gasteiger partial charge is 0.326 e. The summed E-state index contributed by atoms with van der Waals surface area (Å²) in [4.78, 5) is 199. The van der Waals surface area contributed by atoms with Gasteiger partial charge in [-0.05, 0) is 82.4 Å². The lowest BCUT2D eigenvalue weighted by atomic mass is 10.0. The third-order valence-corrected chi connectivity index (χ3v) is 15.2. The van der Waals surface area contributed by atoms with Crippen molar-refractivity contribution in [2.24, 2.45) is 23.1 Å². The number of carboxylic acids is 2. The van der Waals surface area contributed by atoms with Crippen molar-refractivity contribution < 1.29 is 103 Å². The first-order valence-corrected chi connectivity index (χ1v) is 31.7. The number of benzene rings is 2. The number of nitrogens with one attached hydrogen (secondary N) is 11. The molecule has 0 spiro atoms. The average Bonchev–Trinajstić information content (AvgIpc) is 2.91. The van der Waals surface area contributed by atoms with Crippen molar-refractivity contribution in [3.05, 3.63) is 71.8 Å². The lowest BCUT2D eigenvalue weighted by Crippen LogP contribution is -2.61. The first-order chi connectivity index (χ1) is 46.3. The van der Waals surface area contributed by atoms with Gasteiger partial charge in [-0.3, -0.25) is 67.1 Å². The first kappa shape index (κ1) is 82.5. The zero-order valence-corrected chi connectivity index (χ0v) is 54.9. The number of carboxylic acid groups (broad SMARTS) is 2. The summed E-state index contributed by atoms with van der Waals surface area (Å²) in [5.41, 5.74) is 17.6. The van der Waals surface area contributed by atoms with E-state index < -0.39 is 213 Å². The summed E-state index contributed by atoms with van der Waals surface area (Å²) in [5.74, 6) is -16.3. The standard InChI is InChI=1S/C62H93N15O21/c1-32(2)24-40(56(91)70-39(62(97)98)20-21-49(85)86)71-55(90)38(18-11-12-22-63)69-59(94)50(33(3)80)75-48(84)29-67-54(89)44(31-79)68-47(83)28-66-53(88)41(25-35-14-7-5-8-15-35)73-60(95)51(34(4)81)76-57(92)42(26-36-16-9-6-10-17-36)72-58(93)45-19-13-23-77(45)61(96)43(27-46(65)82)74-52(87)37(64)30-78/h5-10,14-17,32-34,37-45,50-51,78-81H,11-13,18-31,63-64H2,1-4H3,(H2,65,82)(H,66,88)(H,67,89)(H,68,83)(H,69,94)(H,70,91)(H,71,90)(H,72,93)(H,73,95)(H,74,87)(H,75,84)(H,76,92)(H,85,86)(H,97,98)/t33-,34-,37+,38+,39+,40+,41+,42+,43+,44+,45+,50+,51+/m1/s1. The molecular formula is C62H93N15O21. The Hall–Kier alpha value is -9.75. The molecule has 36 heteroatoms. The van der Waals surface area contributed by atoms with Gasteiger partial charge in [-0.2, -0.15) is 0 Å². The molecule has 13 atom stereocenters. The van der Waals surface area contributed by atoms with Crippen LogP contribution in [0.15, 0.2) is 60.7 Å². The zero-order valence-electron chi connectivity index (χ0n) is 54.9. The monoisotopic (exact) mass is 1380 g/mol. The van der Waals surface area contributed by atoms with Crippen LogP contribution in [0.5, 0.6) is 0 Å². The molecule has 2 aromatic rings. The molecule has 542 valence electrons. The molecule has 3 rings (SSSR count). The van der Waals surface area contributed by atoms with Gasteiger partial charge in [0.25, 0.3) is 0 Å². The largest absolute Gasteiger partial charge is 0.481 e. The van der Waals surface area contributed by atoms with E-state index in [9.17, 15) is 97.5 Å². The molecular weight excluding hydrogens is 1290 g/mol. The number of aliphatic hydroxyl groups excluding tert-OH is 4. The Morgan fingerprint density at radius 3 is 1.51 bits per heavy atom. The third kappa shape index (κ3) is 28.5. The molecule has 0 unspecified atom stereocenters. The topological polar surface area (TPSA) is 591 Å². The molecule has 0 aromatic heterocycles. The summed E-state index contributed by atoms with van der Waals surface area (Å²) in [7, 11) is 0. The minimum atomic E-state index is -1.83. The van der Waals surface area contributed by atoms with Crippen molar-refractivity contribution in [1.29, 1.82) is 0 Å². The normalized spacial score (nSPS) is 16.3. The molecule has 1 heterocycles. The second-order valence-corrected chi connectivity index (χ2v) is 23.8. The number of aliphatic carboxylic acids is 2. The number of unbranched alkanes of at least 4 members (excludes halogenated alkanes) is 1. The Balaban J connectivity index is 1.73. The van der Waals surface area contributed by atoms with Crippen LogP contribution >= 0.6 is 0 Å². The molecule has 1 aliphatic heterocycles. The number of rotatable bonds is 43. The van der Waals surface area contributed by atoms with E-state index in [4.69, 9.17) is 22.3 Å². The van der Waals surface area contributed by atoms with E-state index in [0.29, 0.717) is 17.5 Å². The number of nitrogens with zero attached hydrogens (tertiary/aromatic N) is 1. The second-order valence-electron chi connectivity index (χ2n) is 23.8. The van der Waals surface area contributed by atoms with E-state index in [-0.39, 0.29) is 64.0 Å². The van der Waals surface area contributed by atoms with Crippen LogP contribution in [-0.2, 0) is 84.8 Å². The van der Waals surface area contributed by atoms with Gasteiger partial charge in [-0.15, -0.1) is 0 Å². The fourth-order valence-corrected chi connectivity index (χ4v) is 10.0. The van der Waals surface area contributed by atoms with Crippen molar-refractivity contribution >= 4 is 88.7 Å². The van der Waals surface area contributed by atoms with Crippen molar-refractivity contribution in [3.8, 4) is 0 Å². The zero-order chi connectivity index (χ0) is 73.3. The number of aliphatic hydroxyl groups is 4. The molecule has 0 aliphatic carbocycles. The highest BCUT2D eigenvalue weighted by Gasteiger charge is 2.41. The van der Waals surface area contributed by atoms with Crippen molar-refractivity contribution in [1.82, 2.24) is 63.4 Å². The number of primary amides is 1. The van der Waals surface area contributed by atoms with Crippen LogP contribution < -0.4 is 75.7 Å². The summed E-state index contributed by atoms with van der Waals surface area (Å²) in [5, 5.41) is 85.5. The van der Waals surface area contributed by atoms with Crippen molar-refractivity contribution in [2.45, 2.75) is 177 Å². The van der Waals surface area contributed by atoms with Crippen molar-refractivity contribution in [2.75, 3.05) is 39.4 Å². The Bertz CT molecular complexity index is 3070. The molecule has 0 radical (unpaired) electrons. The number of carbonyl (C=O) groups excluding carboxylic acids is 13. The molecule has 0 bridgehead atoms. The lowest BCUT2D eigenvalue weighted by Gasteiger charge is -2.30. The Kier molecular flexibility index (Phi) is 35.4. The predicted molar refractivity (Wildman–Crippen MR) is 345 cm³/mol. The van der Waals surface area contributed by atoms with Crippen LogP contribution in [0.25, 0.3) is 0 Å². The molecule has 0 saturated carbocycles. The van der Waals surface area contributed by atoms with E-state index in [1.807, 2.05) is 0 Å². The fourth-order valence-electron chi connectivity index (χ4n) is 10.0. The lowest BCUT2D eigenvalue weighted by molar-refractivity contribution is -0.143. The van der Waals surface area contributed by atoms with Crippen LogP contribution in [0.4, 0.5) is 0 Å². The molecule has 36 nitrogen and oxygen atoms in total. The van der Waals surface area contributed by atoms with Gasteiger partial charge >= 0.3 is 11.9 Å². The first-order valence-electron chi connectivity index (χ1n) is 31.7. The highest BCUT2D eigenvalue weighted by molar-refractivity contribution is 6.00. The maximum absolute atomic E-state index is 14.3. The molecule has 98 heavy (non-hydrogen) atoms. The van der Waals surface area contributed by atoms with Gasteiger partial charge in [-0.25, -0.2) is 4.79 Å². The van der Waals surface area contributed by atoms with Gasteiger partial charge in [0.05, 0.1) is 44.9 Å². The summed E-state index contributed by atoms with van der Waals surface area (Å²) in [6, 6.07) is -0.781. The molecule has 1 aliphatic rings. The van der Waals surface area contributed by atoms with Crippen LogP contribution in [-0.4, -0.2) is 242 Å². The number of likely N-dealkylation sites (tertiary alicyclic amines) is 1. The average molecular weight is 1380 g/mol. The molecule has 1 fully saturated rings. The minimum absolute atomic E-state index is 0.0238. The number of nitrogens with two attached hydrogens (primary N) is 3. The van der Waals surface area contributed by atoms with E-state index in [0.717, 1.165) is 18.7 Å². The Labute approximate surface area is 564 Å². The van der Waals surface area contributed by atoms with Gasteiger partial charge in [0.15, 0.2) is 0 Å². The summed E-state index contributed by atoms with van der Waals surface area (Å²) in [6.45, 7) is 2.15. The van der Waals surface area contributed by atoms with Crippen LogP contribution in [0.3, 0.4) is 0 Å². The molecule has 1 saturated heterocycles. The Morgan fingerprint density at radius 2 is 1.01 bits per heavy atom. The quantitative estimate of drug-likeness (QED) is 0.0274. The number of hydrogen-bond donors (Lipinski definition) is 20. The van der Waals surface area contributed by atoms with Crippen LogP contribution in [0.2, 0.25) is 0 Å². The van der Waals surface area contributed by atoms with Gasteiger partial charge in [-0.1, -0.05) is 74.5 Å².